The van der Waals surface area contributed by atoms with Crippen LogP contribution in [0.4, 0.5) is 5.69 Å². The number of nitrogens with one attached hydrogen (secondary N) is 2. The van der Waals surface area contributed by atoms with Crippen molar-refractivity contribution in [2.45, 2.75) is 82.1 Å². The predicted molar refractivity (Wildman–Crippen MR) is 159 cm³/mol. The molecule has 4 fully saturated rings. The van der Waals surface area contributed by atoms with Crippen molar-refractivity contribution in [1.29, 1.82) is 0 Å². The maximum Gasteiger partial charge on any atom is 0.246 e. The first-order valence-electron chi connectivity index (χ1n) is 15.2. The maximum atomic E-state index is 14.2. The molecule has 3 saturated heterocycles. The van der Waals surface area contributed by atoms with Gasteiger partial charge in [0.15, 0.2) is 0 Å². The number of likely N-dealkylation sites (tertiary alicyclic amines) is 2. The summed E-state index contributed by atoms with van der Waals surface area (Å²) in [7, 11) is 0. The first-order valence-corrected chi connectivity index (χ1v) is 16.0. The van der Waals surface area contributed by atoms with Gasteiger partial charge in [0.05, 0.1) is 28.0 Å². The Balaban J connectivity index is 1.23. The zero-order valence-electron chi connectivity index (χ0n) is 23.6. The van der Waals surface area contributed by atoms with Crippen LogP contribution >= 0.6 is 23.2 Å². The van der Waals surface area contributed by atoms with E-state index in [4.69, 9.17) is 27.9 Å². The minimum Gasteiger partial charge on any atom is -0.359 e. The second-order valence-electron chi connectivity index (χ2n) is 12.6. The third-order valence-electron chi connectivity index (χ3n) is 9.68. The average Bonchev–Trinajstić information content (AvgIpc) is 3.59. The molecule has 41 heavy (non-hydrogen) atoms. The molecule has 1 saturated carbocycles. The van der Waals surface area contributed by atoms with Crippen molar-refractivity contribution >= 4 is 46.6 Å². The van der Waals surface area contributed by atoms with Crippen molar-refractivity contribution in [3.05, 3.63) is 40.4 Å². The zero-order valence-corrected chi connectivity index (χ0v) is 25.1. The monoisotopic (exact) mass is 602 g/mol. The number of ether oxygens (including phenoxy) is 1. The summed E-state index contributed by atoms with van der Waals surface area (Å²) in [5.74, 6) is -1.52. The zero-order chi connectivity index (χ0) is 28.7. The number of benzene rings is 1. The highest BCUT2D eigenvalue weighted by atomic mass is 35.5. The van der Waals surface area contributed by atoms with Crippen LogP contribution in [0.3, 0.4) is 0 Å². The Kier molecular flexibility index (Phi) is 8.38. The molecule has 1 aromatic rings. The van der Waals surface area contributed by atoms with Gasteiger partial charge in [-0.2, -0.15) is 0 Å². The van der Waals surface area contributed by atoms with Crippen LogP contribution in [0.15, 0.2) is 30.4 Å². The molecule has 2 bridgehead atoms. The SMILES string of the molecule is C[C@@H]1CCCN(CCCN2C(=O)[C@@H]3[C@H](C(=O)Nc4ccc(Cl)c(Cl)c4)[C@@H]4C=C[C@@]3(O4)[C@@H]2C(=O)NC2CCCCC2)C1. The summed E-state index contributed by atoms with van der Waals surface area (Å²) in [6.07, 6.45) is 11.6. The summed E-state index contributed by atoms with van der Waals surface area (Å²) < 4.78 is 6.48. The Bertz CT molecular complexity index is 1220. The van der Waals surface area contributed by atoms with Crippen LogP contribution in [-0.2, 0) is 19.1 Å². The van der Waals surface area contributed by atoms with Crippen molar-refractivity contribution < 1.29 is 19.1 Å². The fourth-order valence-electron chi connectivity index (χ4n) is 7.79. The van der Waals surface area contributed by atoms with Gasteiger partial charge in [0, 0.05) is 24.8 Å². The number of hydrogen-bond donors (Lipinski definition) is 2. The molecular weight excluding hydrogens is 563 g/mol. The van der Waals surface area contributed by atoms with Crippen LogP contribution in [-0.4, -0.2) is 77.5 Å². The summed E-state index contributed by atoms with van der Waals surface area (Å²) in [4.78, 5) is 46.0. The molecule has 1 aliphatic carbocycles. The van der Waals surface area contributed by atoms with Crippen molar-refractivity contribution in [2.75, 3.05) is 31.5 Å². The van der Waals surface area contributed by atoms with E-state index in [0.29, 0.717) is 28.2 Å². The number of nitrogens with zero attached hydrogens (tertiary/aromatic N) is 2. The van der Waals surface area contributed by atoms with E-state index in [1.165, 1.54) is 19.3 Å². The smallest absolute Gasteiger partial charge is 0.246 e. The second kappa shape index (κ2) is 11.9. The Hall–Kier alpha value is -2.13. The Labute approximate surface area is 252 Å². The number of carbonyl (C=O) groups is 3. The molecule has 222 valence electrons. The average molecular weight is 604 g/mol. The van der Waals surface area contributed by atoms with Gasteiger partial charge in [-0.3, -0.25) is 14.4 Å². The molecule has 3 amide bonds. The molecule has 10 heteroatoms. The number of piperidine rings is 1. The lowest BCUT2D eigenvalue weighted by molar-refractivity contribution is -0.141. The molecule has 2 N–H and O–H groups in total. The van der Waals surface area contributed by atoms with E-state index >= 15 is 0 Å². The van der Waals surface area contributed by atoms with Crippen LogP contribution in [0.2, 0.25) is 10.0 Å². The Morgan fingerprint density at radius 1 is 1.05 bits per heavy atom. The van der Waals surface area contributed by atoms with Crippen molar-refractivity contribution in [2.24, 2.45) is 17.8 Å². The van der Waals surface area contributed by atoms with E-state index in [2.05, 4.69) is 22.5 Å². The van der Waals surface area contributed by atoms with Gasteiger partial charge in [-0.1, -0.05) is 61.5 Å². The van der Waals surface area contributed by atoms with Crippen LogP contribution < -0.4 is 10.6 Å². The number of fused-ring (bicyclic) bond motifs is 1. The van der Waals surface area contributed by atoms with Gasteiger partial charge in [0.25, 0.3) is 0 Å². The highest BCUT2D eigenvalue weighted by Gasteiger charge is 2.72. The number of halogens is 2. The molecular formula is C31H40Cl2N4O4. The van der Waals surface area contributed by atoms with Crippen LogP contribution in [0.25, 0.3) is 0 Å². The van der Waals surface area contributed by atoms with Crippen molar-refractivity contribution in [3.8, 4) is 0 Å². The number of rotatable bonds is 8. The summed E-state index contributed by atoms with van der Waals surface area (Å²) >= 11 is 12.2. The third-order valence-corrected chi connectivity index (χ3v) is 10.4. The van der Waals surface area contributed by atoms with Gasteiger partial charge in [-0.25, -0.2) is 0 Å². The molecule has 1 spiro atoms. The first-order chi connectivity index (χ1) is 19.8. The van der Waals surface area contributed by atoms with Gasteiger partial charge in [-0.15, -0.1) is 0 Å². The standard InChI is InChI=1S/C31H40Cl2N4O4/c1-19-7-5-14-36(18-19)15-6-16-37-27(29(39)34-20-8-3-2-4-9-20)31-13-12-24(41-31)25(26(31)30(37)40)28(38)35-21-10-11-22(32)23(33)17-21/h10-13,17,19-20,24-27H,2-9,14-16,18H2,1H3,(H,34,39)(H,35,38)/t19-,24+,25-,26+,27+,31+/m1/s1. The normalized spacial score (nSPS) is 33.3. The van der Waals surface area contributed by atoms with Crippen LogP contribution in [0.5, 0.6) is 0 Å². The lowest BCUT2D eigenvalue weighted by atomic mass is 9.74. The summed E-state index contributed by atoms with van der Waals surface area (Å²) in [6, 6.07) is 4.19. The van der Waals surface area contributed by atoms with Gasteiger partial charge in [-0.05, 0) is 69.3 Å². The fraction of sp³-hybridized carbons (Fsp3) is 0.645. The molecule has 6 rings (SSSR count). The Morgan fingerprint density at radius 3 is 2.61 bits per heavy atom. The second-order valence-corrected chi connectivity index (χ2v) is 13.4. The largest absolute Gasteiger partial charge is 0.359 e. The molecule has 1 aromatic carbocycles. The minimum atomic E-state index is -1.15. The molecule has 8 nitrogen and oxygen atoms in total. The van der Waals surface area contributed by atoms with E-state index < -0.39 is 29.6 Å². The fourth-order valence-corrected chi connectivity index (χ4v) is 8.09. The summed E-state index contributed by atoms with van der Waals surface area (Å²) in [5.41, 5.74) is -0.658. The van der Waals surface area contributed by atoms with E-state index in [-0.39, 0.29) is 23.8 Å². The lowest BCUT2D eigenvalue weighted by Gasteiger charge is -2.35. The van der Waals surface area contributed by atoms with Crippen LogP contribution in [0, 0.1) is 17.8 Å². The summed E-state index contributed by atoms with van der Waals surface area (Å²) in [6.45, 7) is 5.75. The topological polar surface area (TPSA) is 91.0 Å². The molecule has 0 aromatic heterocycles. The molecule has 4 heterocycles. The van der Waals surface area contributed by atoms with Gasteiger partial charge in [0.1, 0.15) is 11.6 Å². The van der Waals surface area contributed by atoms with E-state index in [1.807, 2.05) is 12.2 Å². The number of carbonyl (C=O) groups excluding carboxylic acids is 3. The third kappa shape index (κ3) is 5.53. The maximum absolute atomic E-state index is 14.2. The van der Waals surface area contributed by atoms with Gasteiger partial charge >= 0.3 is 0 Å². The number of anilines is 1. The highest BCUT2D eigenvalue weighted by Crippen LogP contribution is 2.55. The van der Waals surface area contributed by atoms with Gasteiger partial charge < -0.3 is 25.2 Å². The predicted octanol–water partition coefficient (Wildman–Crippen LogP) is 4.65. The Morgan fingerprint density at radius 2 is 1.85 bits per heavy atom. The first kappa shape index (κ1) is 29.0. The van der Waals surface area contributed by atoms with Crippen LogP contribution in [0.1, 0.15) is 58.3 Å². The van der Waals surface area contributed by atoms with Crippen molar-refractivity contribution in [3.63, 3.8) is 0 Å². The minimum absolute atomic E-state index is 0.106. The molecule has 0 radical (unpaired) electrons. The summed E-state index contributed by atoms with van der Waals surface area (Å²) in [5, 5.41) is 6.89. The number of hydrogen-bond acceptors (Lipinski definition) is 5. The van der Waals surface area contributed by atoms with Gasteiger partial charge in [0.2, 0.25) is 17.7 Å². The molecule has 6 atom stereocenters. The molecule has 5 aliphatic rings. The quantitative estimate of drug-likeness (QED) is 0.423. The molecule has 4 aliphatic heterocycles. The lowest BCUT2D eigenvalue weighted by Crippen LogP contribution is -2.56. The van der Waals surface area contributed by atoms with Crippen molar-refractivity contribution in [1.82, 2.24) is 15.1 Å². The highest BCUT2D eigenvalue weighted by molar-refractivity contribution is 6.42. The van der Waals surface area contributed by atoms with E-state index in [9.17, 15) is 14.4 Å². The van der Waals surface area contributed by atoms with E-state index in [1.54, 1.807) is 23.1 Å². The number of amides is 3. The molecule has 0 unspecified atom stereocenters. The van der Waals surface area contributed by atoms with E-state index in [0.717, 1.165) is 51.7 Å².